The molecule has 1 amide bonds. The highest BCUT2D eigenvalue weighted by Gasteiger charge is 2.21. The SMILES string of the molecule is O=C(NCCN1CCN(c2nc3ccc([N+](=O)[O-])cc3s2)CC1)c1cc2ccccc2oc1=O. The molecule has 1 N–H and O–H groups in total. The fourth-order valence-corrected chi connectivity index (χ4v) is 5.01. The van der Waals surface area contributed by atoms with E-state index in [1.807, 2.05) is 6.07 Å². The lowest BCUT2D eigenvalue weighted by Gasteiger charge is -2.34. The lowest BCUT2D eigenvalue weighted by molar-refractivity contribution is -0.384. The van der Waals surface area contributed by atoms with E-state index in [2.05, 4.69) is 20.1 Å². The molecule has 0 spiro atoms. The first-order valence-electron chi connectivity index (χ1n) is 10.8. The molecule has 34 heavy (non-hydrogen) atoms. The summed E-state index contributed by atoms with van der Waals surface area (Å²) < 4.78 is 6.03. The Hall–Kier alpha value is -3.83. The van der Waals surface area contributed by atoms with Crippen LogP contribution in [0.5, 0.6) is 0 Å². The Balaban J connectivity index is 1.14. The first kappa shape index (κ1) is 22.0. The maximum Gasteiger partial charge on any atom is 0.349 e. The van der Waals surface area contributed by atoms with Crippen LogP contribution in [0.4, 0.5) is 10.8 Å². The number of non-ortho nitro benzene ring substituents is 1. The van der Waals surface area contributed by atoms with E-state index in [-0.39, 0.29) is 11.3 Å². The number of nitrogens with zero attached hydrogens (tertiary/aromatic N) is 4. The standard InChI is InChI=1S/C23H21N5O5S/c29-21(17-13-15-3-1-2-4-19(15)33-22(17)30)24-7-8-26-9-11-27(12-10-26)23-25-18-6-5-16(28(31)32)14-20(18)34-23/h1-6,13-14H,7-12H2,(H,24,29). The predicted molar refractivity (Wildman–Crippen MR) is 130 cm³/mol. The van der Waals surface area contributed by atoms with Gasteiger partial charge in [-0.25, -0.2) is 9.78 Å². The minimum absolute atomic E-state index is 0.000378. The number of anilines is 1. The number of carbonyl (C=O) groups is 1. The molecule has 0 saturated carbocycles. The van der Waals surface area contributed by atoms with Crippen molar-refractivity contribution in [2.45, 2.75) is 0 Å². The molecular formula is C23H21N5O5S. The average molecular weight is 480 g/mol. The Labute approximate surface area is 197 Å². The van der Waals surface area contributed by atoms with E-state index < -0.39 is 16.5 Å². The van der Waals surface area contributed by atoms with Gasteiger partial charge in [-0.3, -0.25) is 19.8 Å². The lowest BCUT2D eigenvalue weighted by atomic mass is 10.2. The van der Waals surface area contributed by atoms with Crippen molar-refractivity contribution >= 4 is 49.2 Å². The second-order valence-electron chi connectivity index (χ2n) is 7.98. The summed E-state index contributed by atoms with van der Waals surface area (Å²) in [5.41, 5.74) is 0.629. The van der Waals surface area contributed by atoms with Crippen molar-refractivity contribution < 1.29 is 14.1 Å². The third-order valence-corrected chi connectivity index (χ3v) is 6.89. The molecule has 1 aliphatic heterocycles. The van der Waals surface area contributed by atoms with E-state index >= 15 is 0 Å². The number of nitrogens with one attached hydrogen (secondary N) is 1. The van der Waals surface area contributed by atoms with Crippen molar-refractivity contribution in [2.24, 2.45) is 0 Å². The number of benzene rings is 2. The molecule has 5 rings (SSSR count). The van der Waals surface area contributed by atoms with Crippen LogP contribution in [-0.4, -0.2) is 60.0 Å². The molecule has 0 unspecified atom stereocenters. The summed E-state index contributed by atoms with van der Waals surface area (Å²) in [5, 5.41) is 15.4. The van der Waals surface area contributed by atoms with Gasteiger partial charge >= 0.3 is 5.63 Å². The number of aromatic nitrogens is 1. The number of fused-ring (bicyclic) bond motifs is 2. The summed E-state index contributed by atoms with van der Waals surface area (Å²) in [5.74, 6) is -0.443. The van der Waals surface area contributed by atoms with E-state index in [0.29, 0.717) is 24.1 Å². The molecule has 1 saturated heterocycles. The summed E-state index contributed by atoms with van der Waals surface area (Å²) in [7, 11) is 0. The van der Waals surface area contributed by atoms with Gasteiger partial charge < -0.3 is 14.6 Å². The van der Waals surface area contributed by atoms with Gasteiger partial charge in [0.15, 0.2) is 5.13 Å². The highest BCUT2D eigenvalue weighted by molar-refractivity contribution is 7.22. The zero-order valence-electron chi connectivity index (χ0n) is 18.1. The number of nitro benzene ring substituents is 1. The molecule has 1 fully saturated rings. The summed E-state index contributed by atoms with van der Waals surface area (Å²) in [6.07, 6.45) is 0. The number of piperazine rings is 1. The summed E-state index contributed by atoms with van der Waals surface area (Å²) >= 11 is 1.45. The number of rotatable bonds is 6. The Morgan fingerprint density at radius 1 is 1.15 bits per heavy atom. The predicted octanol–water partition coefficient (Wildman–Crippen LogP) is 2.86. The van der Waals surface area contributed by atoms with Crippen molar-refractivity contribution in [3.63, 3.8) is 0 Å². The number of hydrogen-bond donors (Lipinski definition) is 1. The molecule has 174 valence electrons. The molecule has 3 heterocycles. The topological polar surface area (TPSA) is 122 Å². The zero-order chi connectivity index (χ0) is 23.7. The molecule has 0 bridgehead atoms. The normalized spacial score (nSPS) is 14.5. The van der Waals surface area contributed by atoms with Crippen LogP contribution in [0.3, 0.4) is 0 Å². The van der Waals surface area contributed by atoms with Gasteiger partial charge in [-0.2, -0.15) is 0 Å². The van der Waals surface area contributed by atoms with Crippen LogP contribution >= 0.6 is 11.3 Å². The van der Waals surface area contributed by atoms with Crippen molar-refractivity contribution in [3.8, 4) is 0 Å². The summed E-state index contributed by atoms with van der Waals surface area (Å²) in [4.78, 5) is 44.3. The van der Waals surface area contributed by atoms with Crippen LogP contribution in [-0.2, 0) is 0 Å². The molecule has 1 aliphatic rings. The second kappa shape index (κ2) is 9.20. The maximum atomic E-state index is 12.5. The minimum atomic E-state index is -0.647. The van der Waals surface area contributed by atoms with Gasteiger partial charge in [0.05, 0.1) is 15.1 Å². The van der Waals surface area contributed by atoms with Crippen molar-refractivity contribution in [1.82, 2.24) is 15.2 Å². The summed E-state index contributed by atoms with van der Waals surface area (Å²) in [6, 6.07) is 13.4. The van der Waals surface area contributed by atoms with Gasteiger partial charge in [-0.15, -0.1) is 0 Å². The molecule has 0 radical (unpaired) electrons. The van der Waals surface area contributed by atoms with Gasteiger partial charge in [-0.1, -0.05) is 29.5 Å². The highest BCUT2D eigenvalue weighted by atomic mass is 32.1. The van der Waals surface area contributed by atoms with Crippen molar-refractivity contribution in [2.75, 3.05) is 44.2 Å². The Kier molecular flexibility index (Phi) is 5.95. The Bertz CT molecular complexity index is 1440. The number of hydrogen-bond acceptors (Lipinski definition) is 9. The van der Waals surface area contributed by atoms with E-state index in [0.717, 1.165) is 41.5 Å². The van der Waals surface area contributed by atoms with Gasteiger partial charge in [0.2, 0.25) is 0 Å². The number of nitro groups is 1. The van der Waals surface area contributed by atoms with E-state index in [1.165, 1.54) is 17.4 Å². The number of carbonyl (C=O) groups excluding carboxylic acids is 1. The first-order valence-corrected chi connectivity index (χ1v) is 11.6. The smallest absolute Gasteiger partial charge is 0.349 e. The van der Waals surface area contributed by atoms with Gasteiger partial charge in [0, 0.05) is 56.8 Å². The number of thiazole rings is 1. The Morgan fingerprint density at radius 3 is 2.74 bits per heavy atom. The van der Waals surface area contributed by atoms with E-state index in [9.17, 15) is 19.7 Å². The zero-order valence-corrected chi connectivity index (χ0v) is 18.9. The van der Waals surface area contributed by atoms with Crippen LogP contribution in [0, 0.1) is 10.1 Å². The molecule has 4 aromatic rings. The fraction of sp³-hybridized carbons (Fsp3) is 0.261. The van der Waals surface area contributed by atoms with Crippen molar-refractivity contribution in [1.29, 1.82) is 0 Å². The van der Waals surface area contributed by atoms with Crippen LogP contribution in [0.25, 0.3) is 21.2 Å². The summed E-state index contributed by atoms with van der Waals surface area (Å²) in [6.45, 7) is 4.20. The fourth-order valence-electron chi connectivity index (χ4n) is 3.96. The van der Waals surface area contributed by atoms with Crippen molar-refractivity contribution in [3.05, 3.63) is 74.6 Å². The molecule has 10 nitrogen and oxygen atoms in total. The largest absolute Gasteiger partial charge is 0.422 e. The monoisotopic (exact) mass is 479 g/mol. The molecule has 0 atom stereocenters. The van der Waals surface area contributed by atoms with Gasteiger partial charge in [0.1, 0.15) is 11.1 Å². The quantitative estimate of drug-likeness (QED) is 0.255. The van der Waals surface area contributed by atoms with Gasteiger partial charge in [-0.05, 0) is 18.2 Å². The van der Waals surface area contributed by atoms with Crippen LogP contribution in [0.1, 0.15) is 10.4 Å². The molecule has 11 heteroatoms. The third-order valence-electron chi connectivity index (χ3n) is 5.81. The lowest BCUT2D eigenvalue weighted by Crippen LogP contribution is -2.48. The second-order valence-corrected chi connectivity index (χ2v) is 8.98. The molecule has 2 aromatic heterocycles. The minimum Gasteiger partial charge on any atom is -0.422 e. The van der Waals surface area contributed by atoms with Crippen LogP contribution in [0.15, 0.2) is 57.7 Å². The Morgan fingerprint density at radius 2 is 1.94 bits per heavy atom. The highest BCUT2D eigenvalue weighted by Crippen LogP contribution is 2.31. The van der Waals surface area contributed by atoms with Crippen LogP contribution < -0.4 is 15.8 Å². The third kappa shape index (κ3) is 4.47. The molecule has 0 aliphatic carbocycles. The maximum absolute atomic E-state index is 12.5. The number of para-hydroxylation sites is 1. The number of amides is 1. The molecular weight excluding hydrogens is 458 g/mol. The average Bonchev–Trinajstić information content (AvgIpc) is 3.27. The van der Waals surface area contributed by atoms with Gasteiger partial charge in [0.25, 0.3) is 11.6 Å². The van der Waals surface area contributed by atoms with Crippen LogP contribution in [0.2, 0.25) is 0 Å². The molecule has 2 aromatic carbocycles. The van der Waals surface area contributed by atoms with E-state index in [4.69, 9.17) is 4.42 Å². The first-order chi connectivity index (χ1) is 16.5. The van der Waals surface area contributed by atoms with E-state index in [1.54, 1.807) is 36.4 Å².